The fraction of sp³-hybridized carbons (Fsp3) is 0.103. The van der Waals surface area contributed by atoms with Crippen LogP contribution < -0.4 is 10.1 Å². The summed E-state index contributed by atoms with van der Waals surface area (Å²) in [4.78, 5) is 18.0. The Morgan fingerprint density at radius 1 is 0.944 bits per heavy atom. The molecule has 0 saturated heterocycles. The first kappa shape index (κ1) is 22.8. The van der Waals surface area contributed by atoms with Gasteiger partial charge in [-0.2, -0.15) is 15.0 Å². The van der Waals surface area contributed by atoms with E-state index in [4.69, 9.17) is 9.72 Å². The minimum atomic E-state index is -0.393. The van der Waals surface area contributed by atoms with Crippen molar-refractivity contribution >= 4 is 22.6 Å². The van der Waals surface area contributed by atoms with E-state index in [2.05, 4.69) is 35.5 Å². The van der Waals surface area contributed by atoms with Crippen molar-refractivity contribution < 1.29 is 9.53 Å². The molecule has 176 valence electrons. The highest BCUT2D eigenvalue weighted by atomic mass is 16.5. The molecule has 0 unspecified atom stereocenters. The van der Waals surface area contributed by atoms with Gasteiger partial charge in [-0.25, -0.2) is 4.98 Å². The van der Waals surface area contributed by atoms with Crippen molar-refractivity contribution in [3.05, 3.63) is 107 Å². The number of anilines is 1. The van der Waals surface area contributed by atoms with Crippen LogP contribution in [0.4, 0.5) is 5.82 Å². The van der Waals surface area contributed by atoms with Gasteiger partial charge in [0.25, 0.3) is 5.91 Å². The van der Waals surface area contributed by atoms with E-state index >= 15 is 0 Å². The third kappa shape index (κ3) is 4.40. The number of ether oxygens (including phenoxy) is 1. The summed E-state index contributed by atoms with van der Waals surface area (Å²) in [5.41, 5.74) is 4.71. The average Bonchev–Trinajstić information content (AvgIpc) is 3.27. The molecule has 1 N–H and O–H groups in total. The van der Waals surface area contributed by atoms with Gasteiger partial charge in [0.05, 0.1) is 11.7 Å². The van der Waals surface area contributed by atoms with Gasteiger partial charge in [0.1, 0.15) is 23.1 Å². The number of carbonyl (C=O) groups excluding carboxylic acids is 1. The molecule has 0 fully saturated rings. The van der Waals surface area contributed by atoms with Crippen molar-refractivity contribution in [3.63, 3.8) is 0 Å². The Morgan fingerprint density at radius 3 is 2.50 bits per heavy atom. The van der Waals surface area contributed by atoms with Crippen molar-refractivity contribution in [1.82, 2.24) is 14.8 Å². The fourth-order valence-electron chi connectivity index (χ4n) is 4.17. The van der Waals surface area contributed by atoms with Crippen LogP contribution >= 0.6 is 0 Å². The Labute approximate surface area is 208 Å². The van der Waals surface area contributed by atoms with E-state index in [1.54, 1.807) is 24.3 Å². The molecule has 0 radical (unpaired) electrons. The number of aromatic nitrogens is 3. The molecule has 2 aromatic heterocycles. The molecular weight excluding hydrogens is 450 g/mol. The SMILES string of the molecule is Cc1cc(C)c2nc(-n3ncc(C#N)c3NC(=O)c3cccc(Oc4ccccc4)c3)cc(C)c2c1. The van der Waals surface area contributed by atoms with E-state index in [1.165, 1.54) is 10.9 Å². The van der Waals surface area contributed by atoms with Crippen LogP contribution in [0.3, 0.4) is 0 Å². The minimum Gasteiger partial charge on any atom is -0.457 e. The molecule has 2 heterocycles. The number of para-hydroxylation sites is 1. The zero-order valence-corrected chi connectivity index (χ0v) is 20.1. The number of nitrogens with zero attached hydrogens (tertiary/aromatic N) is 4. The first-order chi connectivity index (χ1) is 17.4. The number of pyridine rings is 1. The van der Waals surface area contributed by atoms with Crippen molar-refractivity contribution in [3.8, 4) is 23.4 Å². The molecule has 5 rings (SSSR count). The van der Waals surface area contributed by atoms with Crippen LogP contribution in [0.5, 0.6) is 11.5 Å². The number of rotatable bonds is 5. The Bertz CT molecular complexity index is 1650. The third-order valence-electron chi connectivity index (χ3n) is 5.86. The molecule has 5 aromatic rings. The number of carbonyl (C=O) groups is 1. The van der Waals surface area contributed by atoms with E-state index in [0.29, 0.717) is 22.9 Å². The number of nitrogens with one attached hydrogen (secondary N) is 1. The topological polar surface area (TPSA) is 92.8 Å². The molecule has 3 aromatic carbocycles. The molecule has 0 aliphatic carbocycles. The fourth-order valence-corrected chi connectivity index (χ4v) is 4.17. The summed E-state index contributed by atoms with van der Waals surface area (Å²) in [5.74, 6) is 1.58. The van der Waals surface area contributed by atoms with E-state index in [-0.39, 0.29) is 11.4 Å². The number of hydrogen-bond donors (Lipinski definition) is 1. The van der Waals surface area contributed by atoms with Crippen molar-refractivity contribution in [1.29, 1.82) is 5.26 Å². The molecular formula is C29H23N5O2. The van der Waals surface area contributed by atoms with Crippen LogP contribution in [0.15, 0.2) is 79.0 Å². The number of fused-ring (bicyclic) bond motifs is 1. The van der Waals surface area contributed by atoms with Gasteiger partial charge in [-0.1, -0.05) is 35.9 Å². The molecule has 0 aliphatic heterocycles. The van der Waals surface area contributed by atoms with E-state index in [9.17, 15) is 10.1 Å². The Morgan fingerprint density at radius 2 is 1.72 bits per heavy atom. The predicted molar refractivity (Wildman–Crippen MR) is 139 cm³/mol. The Balaban J connectivity index is 1.49. The lowest BCUT2D eigenvalue weighted by Crippen LogP contribution is -2.16. The van der Waals surface area contributed by atoms with Crippen LogP contribution in [0, 0.1) is 32.1 Å². The molecule has 7 heteroatoms. The minimum absolute atomic E-state index is 0.236. The van der Waals surface area contributed by atoms with E-state index in [1.807, 2.05) is 50.2 Å². The number of hydrogen-bond acceptors (Lipinski definition) is 5. The summed E-state index contributed by atoms with van der Waals surface area (Å²) in [5, 5.41) is 18.0. The summed E-state index contributed by atoms with van der Waals surface area (Å²) in [6.45, 7) is 6.08. The van der Waals surface area contributed by atoms with Gasteiger partial charge in [0.15, 0.2) is 11.6 Å². The van der Waals surface area contributed by atoms with Crippen molar-refractivity contribution in [2.24, 2.45) is 0 Å². The molecule has 1 amide bonds. The molecule has 0 bridgehead atoms. The van der Waals surface area contributed by atoms with E-state index in [0.717, 1.165) is 27.6 Å². The predicted octanol–water partition coefficient (Wildman–Crippen LogP) is 6.26. The highest BCUT2D eigenvalue weighted by molar-refractivity contribution is 6.04. The summed E-state index contributed by atoms with van der Waals surface area (Å²) >= 11 is 0. The summed E-state index contributed by atoms with van der Waals surface area (Å²) in [6.07, 6.45) is 1.42. The Hall–Kier alpha value is -4.96. The van der Waals surface area contributed by atoms with Crippen molar-refractivity contribution in [2.75, 3.05) is 5.32 Å². The normalized spacial score (nSPS) is 10.7. The van der Waals surface area contributed by atoms with E-state index < -0.39 is 5.91 Å². The van der Waals surface area contributed by atoms with Gasteiger partial charge in [-0.05, 0) is 74.4 Å². The van der Waals surface area contributed by atoms with Gasteiger partial charge in [-0.15, -0.1) is 0 Å². The van der Waals surface area contributed by atoms with Crippen LogP contribution in [0.25, 0.3) is 16.7 Å². The summed E-state index contributed by atoms with van der Waals surface area (Å²) < 4.78 is 7.35. The van der Waals surface area contributed by atoms with Crippen LogP contribution in [-0.2, 0) is 0 Å². The molecule has 0 atom stereocenters. The molecule has 0 aliphatic rings. The summed E-state index contributed by atoms with van der Waals surface area (Å²) in [7, 11) is 0. The second kappa shape index (κ2) is 9.35. The highest BCUT2D eigenvalue weighted by Gasteiger charge is 2.19. The van der Waals surface area contributed by atoms with Crippen LogP contribution in [-0.4, -0.2) is 20.7 Å². The highest BCUT2D eigenvalue weighted by Crippen LogP contribution is 2.27. The van der Waals surface area contributed by atoms with Gasteiger partial charge in [0, 0.05) is 10.9 Å². The smallest absolute Gasteiger partial charge is 0.256 e. The second-order valence-corrected chi connectivity index (χ2v) is 8.60. The summed E-state index contributed by atoms with van der Waals surface area (Å²) in [6, 6.07) is 24.4. The van der Waals surface area contributed by atoms with Crippen LogP contribution in [0.1, 0.15) is 32.6 Å². The van der Waals surface area contributed by atoms with Gasteiger partial charge in [0.2, 0.25) is 0 Å². The lowest BCUT2D eigenvalue weighted by molar-refractivity contribution is 0.102. The molecule has 0 saturated carbocycles. The molecule has 36 heavy (non-hydrogen) atoms. The number of amides is 1. The third-order valence-corrected chi connectivity index (χ3v) is 5.86. The largest absolute Gasteiger partial charge is 0.457 e. The molecule has 0 spiro atoms. The lowest BCUT2D eigenvalue weighted by Gasteiger charge is -2.13. The Kier molecular flexibility index (Phi) is 5.93. The monoisotopic (exact) mass is 473 g/mol. The zero-order valence-electron chi connectivity index (χ0n) is 20.1. The average molecular weight is 474 g/mol. The standard InChI is InChI=1S/C29H23N5O2/c1-18-12-20(3)27-25(13-18)19(2)14-26(32-27)34-28(22(16-30)17-31-34)33-29(35)21-8-7-11-24(15-21)36-23-9-5-4-6-10-23/h4-15,17H,1-3H3,(H,33,35). The maximum atomic E-state index is 13.2. The van der Waals surface area contributed by atoms with Crippen LogP contribution in [0.2, 0.25) is 0 Å². The first-order valence-corrected chi connectivity index (χ1v) is 11.4. The lowest BCUT2D eigenvalue weighted by atomic mass is 10.0. The maximum Gasteiger partial charge on any atom is 0.256 e. The zero-order chi connectivity index (χ0) is 25.2. The van der Waals surface area contributed by atoms with Crippen molar-refractivity contribution in [2.45, 2.75) is 20.8 Å². The number of benzene rings is 3. The number of nitriles is 1. The van der Waals surface area contributed by atoms with Gasteiger partial charge >= 0.3 is 0 Å². The quantitative estimate of drug-likeness (QED) is 0.325. The van der Waals surface area contributed by atoms with Gasteiger partial charge < -0.3 is 10.1 Å². The maximum absolute atomic E-state index is 13.2. The number of aryl methyl sites for hydroxylation is 3. The molecule has 7 nitrogen and oxygen atoms in total. The second-order valence-electron chi connectivity index (χ2n) is 8.60. The first-order valence-electron chi connectivity index (χ1n) is 11.4. The van der Waals surface area contributed by atoms with Gasteiger partial charge in [-0.3, -0.25) is 4.79 Å².